The number of rotatable bonds is 6. The van der Waals surface area contributed by atoms with Gasteiger partial charge in [0.25, 0.3) is 0 Å². The topological polar surface area (TPSA) is 93.4 Å². The first kappa shape index (κ1) is 17.3. The van der Waals surface area contributed by atoms with E-state index in [-0.39, 0.29) is 12.4 Å². The number of hydrogen-bond acceptors (Lipinski definition) is 3. The van der Waals surface area contributed by atoms with E-state index >= 15 is 0 Å². The standard InChI is InChI=1S/C16H16FN2O3P/c17-15-6-2-3-12(10-15)7-8-19-16(23(20,21)22)14-5-1-4-13(9-14)11-18/h1-6,9-10,16,19H,7-8H2,(H2,20,21,22)/t16-/m1/s1. The van der Waals surface area contributed by atoms with E-state index in [4.69, 9.17) is 5.26 Å². The van der Waals surface area contributed by atoms with Gasteiger partial charge in [0.1, 0.15) is 11.6 Å². The highest BCUT2D eigenvalue weighted by Gasteiger charge is 2.29. The fourth-order valence-corrected chi connectivity index (χ4v) is 3.17. The van der Waals surface area contributed by atoms with Crippen LogP contribution in [0.4, 0.5) is 4.39 Å². The molecule has 2 rings (SSSR count). The molecule has 0 amide bonds. The summed E-state index contributed by atoms with van der Waals surface area (Å²) in [5.41, 5.74) is 1.40. The molecule has 23 heavy (non-hydrogen) atoms. The zero-order valence-corrected chi connectivity index (χ0v) is 13.1. The zero-order chi connectivity index (χ0) is 16.9. The van der Waals surface area contributed by atoms with Crippen molar-refractivity contribution < 1.29 is 18.7 Å². The Morgan fingerprint density at radius 3 is 2.61 bits per heavy atom. The molecule has 0 aliphatic rings. The summed E-state index contributed by atoms with van der Waals surface area (Å²) in [6.45, 7) is 0.260. The van der Waals surface area contributed by atoms with Crippen molar-refractivity contribution >= 4 is 7.60 Å². The molecular weight excluding hydrogens is 318 g/mol. The van der Waals surface area contributed by atoms with Gasteiger partial charge in [0, 0.05) is 6.54 Å². The van der Waals surface area contributed by atoms with Gasteiger partial charge in [-0.05, 0) is 41.8 Å². The van der Waals surface area contributed by atoms with E-state index in [0.29, 0.717) is 17.5 Å². The van der Waals surface area contributed by atoms with Crippen LogP contribution in [0.25, 0.3) is 0 Å². The summed E-state index contributed by atoms with van der Waals surface area (Å²) in [6, 6.07) is 14.1. The molecule has 1 atom stereocenters. The number of hydrogen-bond donors (Lipinski definition) is 3. The van der Waals surface area contributed by atoms with Crippen LogP contribution in [-0.2, 0) is 11.0 Å². The number of benzene rings is 2. The Morgan fingerprint density at radius 1 is 1.22 bits per heavy atom. The normalized spacial score (nSPS) is 12.6. The molecule has 120 valence electrons. The fraction of sp³-hybridized carbons (Fsp3) is 0.188. The summed E-state index contributed by atoms with van der Waals surface area (Å²) in [6.07, 6.45) is 0.423. The van der Waals surface area contributed by atoms with Crippen LogP contribution in [0.5, 0.6) is 0 Å². The molecule has 5 nitrogen and oxygen atoms in total. The molecule has 0 unspecified atom stereocenters. The average Bonchev–Trinajstić information content (AvgIpc) is 2.50. The van der Waals surface area contributed by atoms with Crippen LogP contribution < -0.4 is 5.32 Å². The maximum Gasteiger partial charge on any atom is 0.346 e. The third kappa shape index (κ3) is 4.98. The van der Waals surface area contributed by atoms with Gasteiger partial charge in [0.2, 0.25) is 0 Å². The molecule has 0 saturated heterocycles. The molecule has 0 radical (unpaired) electrons. The smallest absolute Gasteiger partial charge is 0.323 e. The molecule has 3 N–H and O–H groups in total. The SMILES string of the molecule is N#Cc1cccc([C@H](NCCc2cccc(F)c2)P(=O)(O)O)c1. The molecular formula is C16H16FN2O3P. The van der Waals surface area contributed by atoms with Crippen molar-refractivity contribution in [2.24, 2.45) is 0 Å². The number of nitrogens with zero attached hydrogens (tertiary/aromatic N) is 1. The molecule has 2 aromatic rings. The van der Waals surface area contributed by atoms with Crippen LogP contribution in [0.2, 0.25) is 0 Å². The van der Waals surface area contributed by atoms with Gasteiger partial charge >= 0.3 is 7.60 Å². The van der Waals surface area contributed by atoms with Crippen molar-refractivity contribution in [2.75, 3.05) is 6.54 Å². The minimum Gasteiger partial charge on any atom is -0.323 e. The van der Waals surface area contributed by atoms with Crippen LogP contribution in [-0.4, -0.2) is 16.3 Å². The van der Waals surface area contributed by atoms with Crippen molar-refractivity contribution in [2.45, 2.75) is 12.2 Å². The summed E-state index contributed by atoms with van der Waals surface area (Å²) in [7, 11) is -4.45. The first-order valence-corrected chi connectivity index (χ1v) is 8.61. The van der Waals surface area contributed by atoms with E-state index in [1.807, 2.05) is 6.07 Å². The van der Waals surface area contributed by atoms with Crippen molar-refractivity contribution in [1.82, 2.24) is 5.32 Å². The van der Waals surface area contributed by atoms with E-state index in [2.05, 4.69) is 5.32 Å². The Hall–Kier alpha value is -2.03. The highest BCUT2D eigenvalue weighted by atomic mass is 31.2. The highest BCUT2D eigenvalue weighted by Crippen LogP contribution is 2.49. The van der Waals surface area contributed by atoms with Gasteiger partial charge in [-0.25, -0.2) is 4.39 Å². The lowest BCUT2D eigenvalue weighted by Gasteiger charge is -2.20. The molecule has 0 aromatic heterocycles. The van der Waals surface area contributed by atoms with Gasteiger partial charge in [-0.2, -0.15) is 5.26 Å². The fourth-order valence-electron chi connectivity index (χ4n) is 2.25. The van der Waals surface area contributed by atoms with Crippen LogP contribution >= 0.6 is 7.60 Å². The largest absolute Gasteiger partial charge is 0.346 e. The van der Waals surface area contributed by atoms with E-state index in [1.165, 1.54) is 18.2 Å². The number of halogens is 1. The van der Waals surface area contributed by atoms with Crippen molar-refractivity contribution in [3.63, 3.8) is 0 Å². The van der Waals surface area contributed by atoms with E-state index in [9.17, 15) is 18.7 Å². The first-order valence-electron chi connectivity index (χ1n) is 6.93. The van der Waals surface area contributed by atoms with Crippen LogP contribution in [0.1, 0.15) is 22.5 Å². The monoisotopic (exact) mass is 334 g/mol. The Kier molecular flexibility index (Phi) is 5.64. The minimum atomic E-state index is -4.45. The quantitative estimate of drug-likeness (QED) is 0.706. The minimum absolute atomic E-state index is 0.260. The average molecular weight is 334 g/mol. The van der Waals surface area contributed by atoms with E-state index < -0.39 is 13.4 Å². The zero-order valence-electron chi connectivity index (χ0n) is 12.2. The van der Waals surface area contributed by atoms with Gasteiger partial charge in [0.05, 0.1) is 11.6 Å². The summed E-state index contributed by atoms with van der Waals surface area (Å²) in [4.78, 5) is 19.1. The predicted octanol–water partition coefficient (Wildman–Crippen LogP) is 2.71. The molecule has 2 aromatic carbocycles. The molecule has 0 aliphatic carbocycles. The maximum absolute atomic E-state index is 13.1. The van der Waals surface area contributed by atoms with Crippen molar-refractivity contribution in [1.29, 1.82) is 5.26 Å². The summed E-state index contributed by atoms with van der Waals surface area (Å²) in [5, 5.41) is 11.7. The predicted molar refractivity (Wildman–Crippen MR) is 84.0 cm³/mol. The van der Waals surface area contributed by atoms with Crippen LogP contribution in [0, 0.1) is 17.1 Å². The summed E-state index contributed by atoms with van der Waals surface area (Å²) >= 11 is 0. The van der Waals surface area contributed by atoms with Gasteiger partial charge in [-0.1, -0.05) is 24.3 Å². The van der Waals surface area contributed by atoms with Gasteiger partial charge in [-0.3, -0.25) is 9.88 Å². The number of nitriles is 1. The molecule has 0 heterocycles. The second kappa shape index (κ2) is 7.49. The second-order valence-corrected chi connectivity index (χ2v) is 6.76. The third-order valence-electron chi connectivity index (χ3n) is 3.31. The maximum atomic E-state index is 13.1. The van der Waals surface area contributed by atoms with Crippen molar-refractivity contribution in [3.8, 4) is 6.07 Å². The molecule has 0 saturated carbocycles. The van der Waals surface area contributed by atoms with Crippen LogP contribution in [0.15, 0.2) is 48.5 Å². The molecule has 0 spiro atoms. The lowest BCUT2D eigenvalue weighted by atomic mass is 10.1. The Balaban J connectivity index is 2.11. The van der Waals surface area contributed by atoms with E-state index in [0.717, 1.165) is 5.56 Å². The highest BCUT2D eigenvalue weighted by molar-refractivity contribution is 7.52. The van der Waals surface area contributed by atoms with Crippen LogP contribution in [0.3, 0.4) is 0 Å². The van der Waals surface area contributed by atoms with Gasteiger partial charge in [0.15, 0.2) is 0 Å². The first-order chi connectivity index (χ1) is 10.9. The van der Waals surface area contributed by atoms with E-state index in [1.54, 1.807) is 30.3 Å². The Bertz CT molecular complexity index is 770. The number of nitrogens with one attached hydrogen (secondary N) is 1. The molecule has 0 aliphatic heterocycles. The third-order valence-corrected chi connectivity index (χ3v) is 4.46. The summed E-state index contributed by atoms with van der Waals surface area (Å²) < 4.78 is 24.8. The Labute approximate surface area is 133 Å². The lowest BCUT2D eigenvalue weighted by molar-refractivity contribution is 0.348. The molecule has 0 fully saturated rings. The molecule has 7 heteroatoms. The molecule has 0 bridgehead atoms. The lowest BCUT2D eigenvalue weighted by Crippen LogP contribution is -2.24. The van der Waals surface area contributed by atoms with Gasteiger partial charge < -0.3 is 9.79 Å². The summed E-state index contributed by atoms with van der Waals surface area (Å²) in [5.74, 6) is -1.56. The second-order valence-electron chi connectivity index (χ2n) is 5.06. The van der Waals surface area contributed by atoms with Crippen molar-refractivity contribution in [3.05, 3.63) is 71.0 Å². The van der Waals surface area contributed by atoms with Gasteiger partial charge in [-0.15, -0.1) is 0 Å². The Morgan fingerprint density at radius 2 is 1.96 bits per heavy atom.